The Morgan fingerprint density at radius 1 is 1.45 bits per heavy atom. The van der Waals surface area contributed by atoms with Gasteiger partial charge < -0.3 is 4.42 Å². The summed E-state index contributed by atoms with van der Waals surface area (Å²) in [5.41, 5.74) is 1.39. The number of aromatic nitrogens is 1. The Bertz CT molecular complexity index is 398. The van der Waals surface area contributed by atoms with Crippen LogP contribution in [0.15, 0.2) is 27.4 Å². The molecule has 0 aliphatic heterocycles. The lowest BCUT2D eigenvalue weighted by Crippen LogP contribution is -1.66. The van der Waals surface area contributed by atoms with Crippen LogP contribution in [-0.4, -0.2) is 4.98 Å². The molecule has 0 atom stereocenters. The predicted octanol–water partition coefficient (Wildman–Crippen LogP) is 3.24. The van der Waals surface area contributed by atoms with Gasteiger partial charge in [0.25, 0.3) is 4.80 Å². The van der Waals surface area contributed by atoms with E-state index in [2.05, 4.69) is 20.9 Å². The van der Waals surface area contributed by atoms with E-state index in [1.807, 2.05) is 12.1 Å². The molecule has 0 amide bonds. The normalized spacial score (nSPS) is 10.7. The number of nitrogens with zero attached hydrogens (tertiary/aromatic N) is 1. The molecule has 4 heteroatoms. The Hall–Kier alpha value is -0.540. The first-order valence-electron chi connectivity index (χ1n) is 2.98. The zero-order chi connectivity index (χ0) is 7.84. The molecule has 1 heterocycles. The summed E-state index contributed by atoms with van der Waals surface area (Å²) in [5, 5.41) is 0.584. The van der Waals surface area contributed by atoms with Gasteiger partial charge in [-0.15, -0.1) is 0 Å². The summed E-state index contributed by atoms with van der Waals surface area (Å²) in [4.78, 5) is 4.50. The van der Waals surface area contributed by atoms with Crippen molar-refractivity contribution in [1.82, 2.24) is 4.98 Å². The fraction of sp³-hybridized carbons (Fsp3) is 0. The summed E-state index contributed by atoms with van der Waals surface area (Å²) in [6.07, 6.45) is 0. The van der Waals surface area contributed by atoms with Gasteiger partial charge in [0, 0.05) is 15.9 Å². The number of oxazole rings is 1. The van der Waals surface area contributed by atoms with Crippen LogP contribution in [0.2, 0.25) is 5.02 Å². The van der Waals surface area contributed by atoms with Gasteiger partial charge >= 0.3 is 0 Å². The van der Waals surface area contributed by atoms with Crippen LogP contribution < -0.4 is 0 Å². The largest absolute Gasteiger partial charge is 0.429 e. The standard InChI is InChI=1S/C7H3BrClNO/c8-7-10-5-3-1-2-4(9)6(5)11-7/h1-3H. The molecular weight excluding hydrogens is 229 g/mol. The van der Waals surface area contributed by atoms with Gasteiger partial charge in [-0.25, -0.2) is 4.98 Å². The first kappa shape index (κ1) is 7.13. The third-order valence-corrected chi connectivity index (χ3v) is 1.98. The van der Waals surface area contributed by atoms with Gasteiger partial charge in [-0.1, -0.05) is 17.7 Å². The first-order chi connectivity index (χ1) is 5.27. The highest BCUT2D eigenvalue weighted by Crippen LogP contribution is 2.25. The number of fused-ring (bicyclic) bond motifs is 1. The average molecular weight is 232 g/mol. The summed E-state index contributed by atoms with van der Waals surface area (Å²) in [6.45, 7) is 0. The average Bonchev–Trinajstić information content (AvgIpc) is 2.31. The molecule has 2 nitrogen and oxygen atoms in total. The molecule has 1 aromatic carbocycles. The highest BCUT2D eigenvalue weighted by atomic mass is 79.9. The minimum atomic E-state index is 0.459. The molecule has 0 saturated heterocycles. The topological polar surface area (TPSA) is 26.0 Å². The van der Waals surface area contributed by atoms with Crippen LogP contribution in [0, 0.1) is 0 Å². The second kappa shape index (κ2) is 2.50. The zero-order valence-corrected chi connectivity index (χ0v) is 7.69. The Morgan fingerprint density at radius 3 is 3.00 bits per heavy atom. The third-order valence-electron chi connectivity index (χ3n) is 1.34. The summed E-state index contributed by atoms with van der Waals surface area (Å²) in [6, 6.07) is 5.44. The molecule has 1 aromatic heterocycles. The van der Waals surface area contributed by atoms with Crippen molar-refractivity contribution in [3.63, 3.8) is 0 Å². The van der Waals surface area contributed by atoms with Gasteiger partial charge in [-0.05, 0) is 12.1 Å². The van der Waals surface area contributed by atoms with E-state index in [1.54, 1.807) is 6.07 Å². The van der Waals surface area contributed by atoms with Crippen molar-refractivity contribution in [2.24, 2.45) is 0 Å². The Labute approximate surface area is 76.3 Å². The SMILES string of the molecule is Clc1cccc2nc(Br)oc12. The predicted molar refractivity (Wildman–Crippen MR) is 46.7 cm³/mol. The van der Waals surface area contributed by atoms with Crippen molar-refractivity contribution in [2.45, 2.75) is 0 Å². The van der Waals surface area contributed by atoms with Crippen LogP contribution in [-0.2, 0) is 0 Å². The number of halogens is 2. The number of hydrogen-bond donors (Lipinski definition) is 0. The smallest absolute Gasteiger partial charge is 0.265 e. The van der Waals surface area contributed by atoms with Gasteiger partial charge in [0.15, 0.2) is 5.58 Å². The summed E-state index contributed by atoms with van der Waals surface area (Å²) in [7, 11) is 0. The lowest BCUT2D eigenvalue weighted by molar-refractivity contribution is 0.570. The highest BCUT2D eigenvalue weighted by molar-refractivity contribution is 9.10. The molecule has 2 aromatic rings. The molecule has 0 bridgehead atoms. The van der Waals surface area contributed by atoms with Gasteiger partial charge in [0.1, 0.15) is 5.52 Å². The van der Waals surface area contributed by atoms with E-state index in [4.69, 9.17) is 16.0 Å². The Morgan fingerprint density at radius 2 is 2.27 bits per heavy atom. The number of rotatable bonds is 0. The molecule has 2 rings (SSSR count). The second-order valence-electron chi connectivity index (χ2n) is 2.05. The van der Waals surface area contributed by atoms with Crippen LogP contribution in [0.4, 0.5) is 0 Å². The molecule has 0 unspecified atom stereocenters. The molecule has 0 N–H and O–H groups in total. The summed E-state index contributed by atoms with van der Waals surface area (Å²) in [5.74, 6) is 0. The van der Waals surface area contributed by atoms with Crippen molar-refractivity contribution in [3.05, 3.63) is 28.0 Å². The molecule has 0 spiro atoms. The van der Waals surface area contributed by atoms with Crippen molar-refractivity contribution >= 4 is 38.6 Å². The fourth-order valence-electron chi connectivity index (χ4n) is 0.888. The first-order valence-corrected chi connectivity index (χ1v) is 4.15. The zero-order valence-electron chi connectivity index (χ0n) is 5.34. The van der Waals surface area contributed by atoms with Crippen LogP contribution >= 0.6 is 27.5 Å². The Balaban J connectivity index is 2.90. The molecule has 56 valence electrons. The van der Waals surface area contributed by atoms with Gasteiger partial charge in [0.2, 0.25) is 0 Å². The lowest BCUT2D eigenvalue weighted by atomic mass is 10.3. The highest BCUT2D eigenvalue weighted by Gasteiger charge is 2.04. The maximum absolute atomic E-state index is 5.82. The Kier molecular flexibility index (Phi) is 1.62. The monoisotopic (exact) mass is 231 g/mol. The second-order valence-corrected chi connectivity index (χ2v) is 3.14. The van der Waals surface area contributed by atoms with E-state index in [9.17, 15) is 0 Å². The fourth-order valence-corrected chi connectivity index (χ4v) is 1.45. The van der Waals surface area contributed by atoms with E-state index < -0.39 is 0 Å². The van der Waals surface area contributed by atoms with E-state index in [1.165, 1.54) is 0 Å². The van der Waals surface area contributed by atoms with E-state index >= 15 is 0 Å². The van der Waals surface area contributed by atoms with Crippen LogP contribution in [0.25, 0.3) is 11.1 Å². The van der Waals surface area contributed by atoms with Crippen molar-refractivity contribution in [2.75, 3.05) is 0 Å². The minimum absolute atomic E-state index is 0.459. The summed E-state index contributed by atoms with van der Waals surface area (Å²) < 4.78 is 5.17. The van der Waals surface area contributed by atoms with E-state index in [-0.39, 0.29) is 0 Å². The maximum Gasteiger partial charge on any atom is 0.265 e. The molecule has 0 radical (unpaired) electrons. The molecule has 11 heavy (non-hydrogen) atoms. The number of para-hydroxylation sites is 1. The molecule has 0 fully saturated rings. The van der Waals surface area contributed by atoms with Crippen molar-refractivity contribution in [1.29, 1.82) is 0 Å². The van der Waals surface area contributed by atoms with Gasteiger partial charge in [0.05, 0.1) is 5.02 Å². The van der Waals surface area contributed by atoms with Crippen LogP contribution in [0.3, 0.4) is 0 Å². The van der Waals surface area contributed by atoms with Crippen molar-refractivity contribution < 1.29 is 4.42 Å². The summed E-state index contributed by atoms with van der Waals surface area (Å²) >= 11 is 8.94. The quantitative estimate of drug-likeness (QED) is 0.697. The third kappa shape index (κ3) is 1.14. The number of benzene rings is 1. The molecule has 0 aliphatic carbocycles. The molecule has 0 aliphatic rings. The minimum Gasteiger partial charge on any atom is -0.429 e. The van der Waals surface area contributed by atoms with Gasteiger partial charge in [-0.3, -0.25) is 0 Å². The maximum atomic E-state index is 5.82. The van der Waals surface area contributed by atoms with Crippen molar-refractivity contribution in [3.8, 4) is 0 Å². The molecule has 0 saturated carbocycles. The van der Waals surface area contributed by atoms with Gasteiger partial charge in [-0.2, -0.15) is 0 Å². The number of hydrogen-bond acceptors (Lipinski definition) is 2. The van der Waals surface area contributed by atoms with E-state index in [0.717, 1.165) is 5.52 Å². The van der Waals surface area contributed by atoms with Crippen LogP contribution in [0.5, 0.6) is 0 Å². The van der Waals surface area contributed by atoms with Crippen LogP contribution in [0.1, 0.15) is 0 Å². The molecular formula is C7H3BrClNO. The lowest BCUT2D eigenvalue weighted by Gasteiger charge is -1.86. The van der Waals surface area contributed by atoms with E-state index in [0.29, 0.717) is 15.4 Å².